The van der Waals surface area contributed by atoms with E-state index in [1.807, 2.05) is 45.0 Å². The van der Waals surface area contributed by atoms with Gasteiger partial charge in [0.15, 0.2) is 0 Å². The van der Waals surface area contributed by atoms with Gasteiger partial charge in [0.2, 0.25) is 11.8 Å². The number of rotatable bonds is 12. The number of methoxy groups -OCH3 is 1. The zero-order valence-electron chi connectivity index (χ0n) is 23.1. The second-order valence-corrected chi connectivity index (χ2v) is 11.3. The minimum Gasteiger partial charge on any atom is -0.497 e. The summed E-state index contributed by atoms with van der Waals surface area (Å²) in [5, 5.41) is 2.94. The molecule has 0 fully saturated rings. The van der Waals surface area contributed by atoms with Gasteiger partial charge in [-0.2, -0.15) is 0 Å². The third-order valence-corrected chi connectivity index (χ3v) is 8.51. The Bertz CT molecular complexity index is 1380. The number of benzene rings is 3. The third-order valence-electron chi connectivity index (χ3n) is 6.72. The van der Waals surface area contributed by atoms with Crippen LogP contribution in [0.15, 0.2) is 83.8 Å². The van der Waals surface area contributed by atoms with Crippen molar-refractivity contribution in [2.75, 3.05) is 18.0 Å². The van der Waals surface area contributed by atoms with E-state index in [0.29, 0.717) is 5.75 Å². The lowest BCUT2D eigenvalue weighted by molar-refractivity contribution is -0.139. The van der Waals surface area contributed by atoms with Gasteiger partial charge < -0.3 is 15.0 Å². The van der Waals surface area contributed by atoms with Crippen molar-refractivity contribution in [2.45, 2.75) is 57.6 Å². The van der Waals surface area contributed by atoms with Crippen molar-refractivity contribution in [2.24, 2.45) is 0 Å². The summed E-state index contributed by atoms with van der Waals surface area (Å²) in [7, 11) is -2.64. The molecule has 208 valence electrons. The normalized spacial score (nSPS) is 12.7. The highest BCUT2D eigenvalue weighted by atomic mass is 32.2. The lowest BCUT2D eigenvalue weighted by Gasteiger charge is -2.32. The van der Waals surface area contributed by atoms with Crippen LogP contribution in [0.1, 0.15) is 38.3 Å². The monoisotopic (exact) mass is 551 g/mol. The topological polar surface area (TPSA) is 96.0 Å². The Kier molecular flexibility index (Phi) is 10.1. The first kappa shape index (κ1) is 29.7. The van der Waals surface area contributed by atoms with E-state index in [9.17, 15) is 18.0 Å². The fraction of sp³-hybridized carbons (Fsp3) is 0.333. The predicted molar refractivity (Wildman–Crippen MR) is 153 cm³/mol. The van der Waals surface area contributed by atoms with Gasteiger partial charge in [-0.3, -0.25) is 13.9 Å². The van der Waals surface area contributed by atoms with E-state index in [2.05, 4.69) is 5.32 Å². The number of aryl methyl sites for hydroxylation is 1. The molecular formula is C30H37N3O5S. The van der Waals surface area contributed by atoms with Gasteiger partial charge in [-0.1, -0.05) is 55.5 Å². The number of nitrogens with one attached hydrogen (secondary N) is 1. The molecule has 0 heterocycles. The van der Waals surface area contributed by atoms with E-state index < -0.39 is 28.5 Å². The smallest absolute Gasteiger partial charge is 0.264 e. The maximum absolute atomic E-state index is 14.0. The van der Waals surface area contributed by atoms with Crippen molar-refractivity contribution in [1.82, 2.24) is 10.2 Å². The fourth-order valence-electron chi connectivity index (χ4n) is 4.03. The largest absolute Gasteiger partial charge is 0.497 e. The van der Waals surface area contributed by atoms with Crippen LogP contribution < -0.4 is 14.4 Å². The molecule has 0 saturated heterocycles. The number of amides is 2. The van der Waals surface area contributed by atoms with Crippen LogP contribution >= 0.6 is 0 Å². The van der Waals surface area contributed by atoms with Gasteiger partial charge in [0.1, 0.15) is 18.3 Å². The summed E-state index contributed by atoms with van der Waals surface area (Å²) in [6.45, 7) is 7.11. The first-order valence-corrected chi connectivity index (χ1v) is 14.4. The molecule has 0 aliphatic rings. The molecule has 3 aromatic rings. The summed E-state index contributed by atoms with van der Waals surface area (Å²) >= 11 is 0. The van der Waals surface area contributed by atoms with E-state index in [1.54, 1.807) is 49.4 Å². The fourth-order valence-corrected chi connectivity index (χ4v) is 5.46. The molecule has 3 rings (SSSR count). The minimum atomic E-state index is -4.13. The van der Waals surface area contributed by atoms with Crippen LogP contribution in [0.4, 0.5) is 5.69 Å². The van der Waals surface area contributed by atoms with Crippen LogP contribution in [-0.4, -0.2) is 50.9 Å². The van der Waals surface area contributed by atoms with E-state index in [1.165, 1.54) is 24.1 Å². The lowest BCUT2D eigenvalue weighted by atomic mass is 10.1. The van der Waals surface area contributed by atoms with E-state index in [4.69, 9.17) is 4.74 Å². The number of hydrogen-bond donors (Lipinski definition) is 1. The van der Waals surface area contributed by atoms with Crippen LogP contribution in [0.5, 0.6) is 5.75 Å². The molecule has 0 radical (unpaired) electrons. The van der Waals surface area contributed by atoms with E-state index >= 15 is 0 Å². The first-order valence-electron chi connectivity index (χ1n) is 12.9. The highest BCUT2D eigenvalue weighted by Crippen LogP contribution is 2.27. The number of carbonyl (C=O) groups is 2. The number of sulfonamides is 1. The molecule has 0 saturated carbocycles. The Labute approximate surface area is 231 Å². The highest BCUT2D eigenvalue weighted by molar-refractivity contribution is 7.92. The van der Waals surface area contributed by atoms with Gasteiger partial charge in [0.25, 0.3) is 10.0 Å². The number of carbonyl (C=O) groups excluding carboxylic acids is 2. The lowest BCUT2D eigenvalue weighted by Crippen LogP contribution is -2.52. The number of nitrogens with zero attached hydrogens (tertiary/aromatic N) is 2. The number of ether oxygens (including phenoxy) is 1. The summed E-state index contributed by atoms with van der Waals surface area (Å²) in [6, 6.07) is 21.2. The molecule has 8 nitrogen and oxygen atoms in total. The summed E-state index contributed by atoms with van der Waals surface area (Å²) in [4.78, 5) is 28.6. The highest BCUT2D eigenvalue weighted by Gasteiger charge is 2.33. The van der Waals surface area contributed by atoms with Gasteiger partial charge >= 0.3 is 0 Å². The Balaban J connectivity index is 2.04. The van der Waals surface area contributed by atoms with Crippen molar-refractivity contribution < 1.29 is 22.7 Å². The molecule has 0 aliphatic carbocycles. The molecule has 0 bridgehead atoms. The zero-order chi connectivity index (χ0) is 28.6. The third kappa shape index (κ3) is 7.38. The average Bonchev–Trinajstić information content (AvgIpc) is 2.95. The van der Waals surface area contributed by atoms with Crippen LogP contribution in [0.3, 0.4) is 0 Å². The molecule has 2 atom stereocenters. The van der Waals surface area contributed by atoms with Crippen LogP contribution in [0.2, 0.25) is 0 Å². The van der Waals surface area contributed by atoms with Crippen LogP contribution in [-0.2, 0) is 26.2 Å². The van der Waals surface area contributed by atoms with Crippen molar-refractivity contribution in [3.8, 4) is 5.75 Å². The van der Waals surface area contributed by atoms with Crippen molar-refractivity contribution in [1.29, 1.82) is 0 Å². The summed E-state index contributed by atoms with van der Waals surface area (Å²) in [5.41, 5.74) is 2.11. The molecule has 0 aromatic heterocycles. The minimum absolute atomic E-state index is 0.0497. The second kappa shape index (κ2) is 13.3. The van der Waals surface area contributed by atoms with Gasteiger partial charge in [-0.25, -0.2) is 8.42 Å². The molecule has 9 heteroatoms. The van der Waals surface area contributed by atoms with Gasteiger partial charge in [-0.05, 0) is 62.6 Å². The molecule has 0 aliphatic heterocycles. The Morgan fingerprint density at radius 1 is 0.949 bits per heavy atom. The Morgan fingerprint density at radius 3 is 2.26 bits per heavy atom. The van der Waals surface area contributed by atoms with E-state index in [-0.39, 0.29) is 29.1 Å². The molecule has 39 heavy (non-hydrogen) atoms. The SMILES string of the molecule is CC[C@@H](C)NC(=O)[C@@H](C)N(Cc1ccccc1C)C(=O)CN(c1cccc(OC)c1)S(=O)(=O)c1ccccc1. The van der Waals surface area contributed by atoms with Crippen molar-refractivity contribution in [3.05, 3.63) is 90.0 Å². The quantitative estimate of drug-likeness (QED) is 0.357. The zero-order valence-corrected chi connectivity index (χ0v) is 23.9. The van der Waals surface area contributed by atoms with Crippen LogP contribution in [0.25, 0.3) is 0 Å². The van der Waals surface area contributed by atoms with Gasteiger partial charge in [0.05, 0.1) is 17.7 Å². The summed E-state index contributed by atoms with van der Waals surface area (Å²) in [5.74, 6) is -0.358. The number of anilines is 1. The molecule has 0 unspecified atom stereocenters. The van der Waals surface area contributed by atoms with Crippen molar-refractivity contribution in [3.63, 3.8) is 0 Å². The molecule has 2 amide bonds. The standard InChI is InChI=1S/C30H37N3O5S/c1-6-23(3)31-30(35)24(4)32(20-25-14-11-10-13-22(25)2)29(34)21-33(26-15-12-16-27(19-26)38-5)39(36,37)28-17-8-7-9-18-28/h7-19,23-24H,6,20-21H2,1-5H3,(H,31,35)/t23-,24-/m1/s1. The molecular weight excluding hydrogens is 514 g/mol. The second-order valence-electron chi connectivity index (χ2n) is 9.47. The van der Waals surface area contributed by atoms with Gasteiger partial charge in [-0.15, -0.1) is 0 Å². The molecule has 3 aromatic carbocycles. The summed E-state index contributed by atoms with van der Waals surface area (Å²) < 4.78 is 34.0. The predicted octanol–water partition coefficient (Wildman–Crippen LogP) is 4.53. The Morgan fingerprint density at radius 2 is 1.62 bits per heavy atom. The Hall–Kier alpha value is -3.85. The van der Waals surface area contributed by atoms with Gasteiger partial charge in [0, 0.05) is 18.7 Å². The molecule has 1 N–H and O–H groups in total. The maximum Gasteiger partial charge on any atom is 0.264 e. The first-order chi connectivity index (χ1) is 18.6. The maximum atomic E-state index is 14.0. The van der Waals surface area contributed by atoms with E-state index in [0.717, 1.165) is 21.9 Å². The average molecular weight is 552 g/mol. The molecule has 0 spiro atoms. The number of hydrogen-bond acceptors (Lipinski definition) is 5. The van der Waals surface area contributed by atoms with Crippen LogP contribution in [0, 0.1) is 6.92 Å². The van der Waals surface area contributed by atoms with Crippen molar-refractivity contribution >= 4 is 27.5 Å². The summed E-state index contributed by atoms with van der Waals surface area (Å²) in [6.07, 6.45) is 0.739.